The van der Waals surface area contributed by atoms with Crippen LogP contribution in [0.1, 0.15) is 51.4 Å². The van der Waals surface area contributed by atoms with Gasteiger partial charge < -0.3 is 59.8 Å². The van der Waals surface area contributed by atoms with Crippen molar-refractivity contribution >= 4 is 11.9 Å². The molecular weight excluding hydrogens is 488 g/mol. The van der Waals surface area contributed by atoms with E-state index >= 15 is 0 Å². The third-order valence-corrected chi connectivity index (χ3v) is 6.24. The van der Waals surface area contributed by atoms with Crippen molar-refractivity contribution < 1.29 is 69.4 Å². The number of unbranched alkanes of at least 4 members (excludes halogenated alkanes) is 5. The molecule has 0 spiro atoms. The Morgan fingerprint density at radius 1 is 0.667 bits per heavy atom. The number of carboxylic acid groups (broad SMARTS) is 1. The number of carbonyl (C=O) groups is 2. The number of hydrogen-bond donors (Lipinski definition) is 8. The van der Waals surface area contributed by atoms with Crippen LogP contribution in [0.4, 0.5) is 0 Å². The van der Waals surface area contributed by atoms with E-state index in [1.807, 2.05) is 0 Å². The molecule has 2 heterocycles. The van der Waals surface area contributed by atoms with Crippen LogP contribution in [0.2, 0.25) is 0 Å². The van der Waals surface area contributed by atoms with Crippen molar-refractivity contribution in [3.8, 4) is 0 Å². The largest absolute Gasteiger partial charge is 0.481 e. The van der Waals surface area contributed by atoms with E-state index in [0.29, 0.717) is 19.3 Å². The molecule has 8 N–H and O–H groups in total. The van der Waals surface area contributed by atoms with E-state index in [0.717, 1.165) is 19.3 Å². The van der Waals surface area contributed by atoms with Crippen molar-refractivity contribution in [3.05, 3.63) is 0 Å². The molecule has 36 heavy (non-hydrogen) atoms. The first-order chi connectivity index (χ1) is 17.1. The summed E-state index contributed by atoms with van der Waals surface area (Å²) in [4.78, 5) is 22.8. The quantitative estimate of drug-likeness (QED) is 0.0854. The zero-order valence-corrected chi connectivity index (χ0v) is 19.9. The summed E-state index contributed by atoms with van der Waals surface area (Å²) in [7, 11) is 0. The van der Waals surface area contributed by atoms with Crippen LogP contribution in [0.3, 0.4) is 0 Å². The van der Waals surface area contributed by atoms with Crippen LogP contribution in [0.25, 0.3) is 0 Å². The average molecular weight is 527 g/mol. The molecule has 2 fully saturated rings. The number of ether oxygens (including phenoxy) is 4. The second-order valence-corrected chi connectivity index (χ2v) is 9.01. The van der Waals surface area contributed by atoms with E-state index in [1.165, 1.54) is 0 Å². The number of carboxylic acids is 1. The molecule has 0 saturated carbocycles. The zero-order chi connectivity index (χ0) is 26.8. The fraction of sp³-hybridized carbons (Fsp3) is 0.909. The lowest BCUT2D eigenvalue weighted by Gasteiger charge is -2.45. The molecule has 2 saturated heterocycles. The molecule has 2 rings (SSSR count). The van der Waals surface area contributed by atoms with Crippen LogP contribution < -0.4 is 0 Å². The van der Waals surface area contributed by atoms with E-state index in [2.05, 4.69) is 0 Å². The van der Waals surface area contributed by atoms with Crippen molar-refractivity contribution in [1.29, 1.82) is 0 Å². The van der Waals surface area contributed by atoms with Crippen molar-refractivity contribution in [1.82, 2.24) is 0 Å². The molecule has 0 amide bonds. The minimum absolute atomic E-state index is 0.00686. The van der Waals surface area contributed by atoms with Crippen LogP contribution >= 0.6 is 0 Å². The lowest BCUT2D eigenvalue weighted by Crippen LogP contribution is -2.65. The summed E-state index contributed by atoms with van der Waals surface area (Å²) in [6.07, 6.45) is -11.7. The Morgan fingerprint density at radius 2 is 1.25 bits per heavy atom. The maximum Gasteiger partial charge on any atom is 0.306 e. The standard InChI is InChI=1S/C22H38O14/c23-9-11-15(28)20(35-14(27)8-6-4-2-1-3-5-7-13(25)26)18(31)22(34-11)36-19-12(10-24)33-21(32)17(30)16(19)29/h11-12,15-24,28-32H,1-10H2,(H,25,26)/t11-,12-,15-,16-,17-,18-,19-,20+,21-,22-/m1/s1. The summed E-state index contributed by atoms with van der Waals surface area (Å²) in [5.74, 6) is -1.55. The summed E-state index contributed by atoms with van der Waals surface area (Å²) in [5, 5.41) is 78.5. The normalized spacial score (nSPS) is 37.0. The molecule has 0 aromatic carbocycles. The highest BCUT2D eigenvalue weighted by Crippen LogP contribution is 2.30. The molecule has 2 aliphatic heterocycles. The summed E-state index contributed by atoms with van der Waals surface area (Å²) in [6.45, 7) is -1.45. The first-order valence-electron chi connectivity index (χ1n) is 12.1. The number of esters is 1. The topological polar surface area (TPSA) is 233 Å². The number of aliphatic hydroxyl groups is 7. The zero-order valence-electron chi connectivity index (χ0n) is 19.9. The number of hydrogen-bond acceptors (Lipinski definition) is 13. The van der Waals surface area contributed by atoms with Crippen LogP contribution in [0.5, 0.6) is 0 Å². The van der Waals surface area contributed by atoms with Crippen molar-refractivity contribution in [2.24, 2.45) is 0 Å². The maximum absolute atomic E-state index is 12.3. The Kier molecular flexibility index (Phi) is 12.9. The monoisotopic (exact) mass is 526 g/mol. The Hall–Kier alpha value is -1.46. The van der Waals surface area contributed by atoms with Gasteiger partial charge in [0, 0.05) is 12.8 Å². The van der Waals surface area contributed by atoms with Gasteiger partial charge in [0.15, 0.2) is 18.7 Å². The molecule has 0 aromatic rings. The number of rotatable bonds is 14. The summed E-state index contributed by atoms with van der Waals surface area (Å²) < 4.78 is 21.1. The Balaban J connectivity index is 1.90. The highest BCUT2D eigenvalue weighted by atomic mass is 16.7. The molecule has 0 unspecified atom stereocenters. The van der Waals surface area contributed by atoms with Crippen molar-refractivity contribution in [3.63, 3.8) is 0 Å². The predicted molar refractivity (Wildman–Crippen MR) is 117 cm³/mol. The van der Waals surface area contributed by atoms with E-state index in [4.69, 9.17) is 24.1 Å². The molecule has 10 atom stereocenters. The van der Waals surface area contributed by atoms with Gasteiger partial charge in [-0.05, 0) is 12.8 Å². The minimum Gasteiger partial charge on any atom is -0.481 e. The smallest absolute Gasteiger partial charge is 0.306 e. The molecule has 14 heteroatoms. The molecule has 2 aliphatic rings. The summed E-state index contributed by atoms with van der Waals surface area (Å²) in [6, 6.07) is 0. The highest BCUT2D eigenvalue weighted by Gasteiger charge is 2.51. The lowest BCUT2D eigenvalue weighted by atomic mass is 9.97. The van der Waals surface area contributed by atoms with Crippen LogP contribution in [-0.2, 0) is 28.5 Å². The first-order valence-corrected chi connectivity index (χ1v) is 12.1. The number of aliphatic carboxylic acids is 1. The van der Waals surface area contributed by atoms with Gasteiger partial charge in [-0.3, -0.25) is 9.59 Å². The second-order valence-electron chi connectivity index (χ2n) is 9.01. The number of carbonyl (C=O) groups excluding carboxylic acids is 1. The fourth-order valence-corrected chi connectivity index (χ4v) is 4.16. The molecule has 0 bridgehead atoms. The van der Waals surface area contributed by atoms with Gasteiger partial charge in [0.1, 0.15) is 42.7 Å². The summed E-state index contributed by atoms with van der Waals surface area (Å²) in [5.41, 5.74) is 0. The Morgan fingerprint density at radius 3 is 1.83 bits per heavy atom. The van der Waals surface area contributed by atoms with Gasteiger partial charge in [-0.15, -0.1) is 0 Å². The fourth-order valence-electron chi connectivity index (χ4n) is 4.16. The van der Waals surface area contributed by atoms with Gasteiger partial charge in [0.2, 0.25) is 0 Å². The van der Waals surface area contributed by atoms with E-state index < -0.39 is 86.6 Å². The molecule has 210 valence electrons. The lowest BCUT2D eigenvalue weighted by molar-refractivity contribution is -0.355. The van der Waals surface area contributed by atoms with Gasteiger partial charge in [-0.25, -0.2) is 0 Å². The molecule has 0 radical (unpaired) electrons. The van der Waals surface area contributed by atoms with Gasteiger partial charge in [0.25, 0.3) is 0 Å². The van der Waals surface area contributed by atoms with Crippen molar-refractivity contribution in [2.75, 3.05) is 13.2 Å². The SMILES string of the molecule is O=C(O)CCCCCCCCC(=O)O[C@@H]1[C@@H](O)[C@@H](O[C@H]2[C@H](O)[C@@H](O)[C@H](O)O[C@@H]2CO)O[C@H](CO)[C@H]1O. The average Bonchev–Trinajstić information content (AvgIpc) is 2.84. The van der Waals surface area contributed by atoms with Gasteiger partial charge >= 0.3 is 11.9 Å². The van der Waals surface area contributed by atoms with E-state index in [1.54, 1.807) is 0 Å². The molecular formula is C22H38O14. The first kappa shape index (κ1) is 30.8. The molecule has 0 aliphatic carbocycles. The Labute approximate surface area is 208 Å². The van der Waals surface area contributed by atoms with Crippen LogP contribution in [0.15, 0.2) is 0 Å². The molecule has 14 nitrogen and oxygen atoms in total. The van der Waals surface area contributed by atoms with Gasteiger partial charge in [-0.2, -0.15) is 0 Å². The summed E-state index contributed by atoms with van der Waals surface area (Å²) >= 11 is 0. The third kappa shape index (κ3) is 8.55. The van der Waals surface area contributed by atoms with Crippen LogP contribution in [-0.4, -0.2) is 127 Å². The van der Waals surface area contributed by atoms with Gasteiger partial charge in [-0.1, -0.05) is 25.7 Å². The van der Waals surface area contributed by atoms with E-state index in [9.17, 15) is 45.3 Å². The van der Waals surface area contributed by atoms with Crippen LogP contribution in [0, 0.1) is 0 Å². The molecule has 0 aromatic heterocycles. The van der Waals surface area contributed by atoms with Gasteiger partial charge in [0.05, 0.1) is 13.2 Å². The van der Waals surface area contributed by atoms with E-state index in [-0.39, 0.29) is 12.8 Å². The minimum atomic E-state index is -1.79. The number of aliphatic hydroxyl groups excluding tert-OH is 7. The Bertz CT molecular complexity index is 675. The maximum atomic E-state index is 12.3. The third-order valence-electron chi connectivity index (χ3n) is 6.24. The second kappa shape index (κ2) is 15.1. The highest BCUT2D eigenvalue weighted by molar-refractivity contribution is 5.69. The predicted octanol–water partition coefficient (Wildman–Crippen LogP) is -2.64. The van der Waals surface area contributed by atoms with Crippen molar-refractivity contribution in [2.45, 2.75) is 113 Å².